The number of thiazole rings is 1. The van der Waals surface area contributed by atoms with Crippen LogP contribution in [0.1, 0.15) is 46.1 Å². The molecule has 8 nitrogen and oxygen atoms in total. The second kappa shape index (κ2) is 10.1. The standard InChI is InChI=1S/C29H23FN4O4S2/c30-24-15-22(40(31,37)38)12-11-20(24)14-23-26(18-9-10-18)33-34(29-32-25(16-39-29)28(35)36)27(23)21-8-4-7-19(13-21)17-5-2-1-3-6-17/h1-8,11-13,15-16,18H,9-10,14H2,(H,35,36)(H2,31,37,38). The van der Waals surface area contributed by atoms with Crippen molar-refractivity contribution in [2.24, 2.45) is 5.14 Å². The van der Waals surface area contributed by atoms with Crippen molar-refractivity contribution in [3.8, 4) is 27.5 Å². The minimum Gasteiger partial charge on any atom is -0.476 e. The first-order valence-corrected chi connectivity index (χ1v) is 14.9. The first-order valence-electron chi connectivity index (χ1n) is 12.5. The van der Waals surface area contributed by atoms with Crippen molar-refractivity contribution >= 4 is 27.3 Å². The van der Waals surface area contributed by atoms with Crippen LogP contribution in [0.4, 0.5) is 4.39 Å². The normalized spacial score (nSPS) is 13.4. The molecule has 5 aromatic rings. The summed E-state index contributed by atoms with van der Waals surface area (Å²) in [6, 6.07) is 21.4. The Labute approximate surface area is 233 Å². The number of sulfonamides is 1. The lowest BCUT2D eigenvalue weighted by Crippen LogP contribution is -2.12. The highest BCUT2D eigenvalue weighted by Gasteiger charge is 2.33. The van der Waals surface area contributed by atoms with Gasteiger partial charge >= 0.3 is 5.97 Å². The van der Waals surface area contributed by atoms with E-state index in [1.54, 1.807) is 4.68 Å². The summed E-state index contributed by atoms with van der Waals surface area (Å²) in [6.45, 7) is 0. The van der Waals surface area contributed by atoms with Crippen molar-refractivity contribution in [1.82, 2.24) is 14.8 Å². The van der Waals surface area contributed by atoms with Gasteiger partial charge in [0, 0.05) is 28.8 Å². The van der Waals surface area contributed by atoms with Gasteiger partial charge in [0.05, 0.1) is 16.3 Å². The first-order chi connectivity index (χ1) is 19.2. The van der Waals surface area contributed by atoms with Gasteiger partial charge in [-0.15, -0.1) is 11.3 Å². The number of rotatable bonds is 8. The molecule has 1 fully saturated rings. The summed E-state index contributed by atoms with van der Waals surface area (Å²) in [4.78, 5) is 15.6. The molecule has 2 heterocycles. The summed E-state index contributed by atoms with van der Waals surface area (Å²) in [5, 5.41) is 21.4. The van der Waals surface area contributed by atoms with Gasteiger partial charge in [-0.05, 0) is 47.7 Å². The molecule has 0 saturated heterocycles. The maximum Gasteiger partial charge on any atom is 0.355 e. The zero-order chi connectivity index (χ0) is 28.0. The molecule has 11 heteroatoms. The summed E-state index contributed by atoms with van der Waals surface area (Å²) >= 11 is 1.16. The molecule has 40 heavy (non-hydrogen) atoms. The van der Waals surface area contributed by atoms with Crippen LogP contribution in [0, 0.1) is 5.82 Å². The highest BCUT2D eigenvalue weighted by atomic mass is 32.2. The third-order valence-corrected chi connectivity index (χ3v) is 8.56. The van der Waals surface area contributed by atoms with Gasteiger partial charge in [0.1, 0.15) is 5.82 Å². The molecule has 0 amide bonds. The Balaban J connectivity index is 1.55. The number of carboxylic acids is 1. The molecule has 2 aromatic heterocycles. The summed E-state index contributed by atoms with van der Waals surface area (Å²) in [6.07, 6.45) is 2.00. The second-order valence-corrected chi connectivity index (χ2v) is 12.0. The number of halogens is 1. The van der Waals surface area contributed by atoms with Gasteiger partial charge in [-0.1, -0.05) is 54.6 Å². The molecule has 0 bridgehead atoms. The third-order valence-electron chi connectivity index (χ3n) is 6.83. The Hall–Kier alpha value is -4.19. The lowest BCUT2D eigenvalue weighted by Gasteiger charge is -2.12. The van der Waals surface area contributed by atoms with E-state index in [0.29, 0.717) is 16.4 Å². The molecule has 0 aliphatic heterocycles. The summed E-state index contributed by atoms with van der Waals surface area (Å²) in [5.74, 6) is -1.65. The molecule has 0 unspecified atom stereocenters. The second-order valence-electron chi connectivity index (χ2n) is 9.64. The minimum absolute atomic E-state index is 0.0846. The number of aromatic carboxylic acids is 1. The third kappa shape index (κ3) is 5.06. The number of carbonyl (C=O) groups is 1. The van der Waals surface area contributed by atoms with Crippen molar-refractivity contribution in [1.29, 1.82) is 0 Å². The average molecular weight is 575 g/mol. The largest absolute Gasteiger partial charge is 0.476 e. The smallest absolute Gasteiger partial charge is 0.355 e. The molecule has 1 saturated carbocycles. The van der Waals surface area contributed by atoms with Crippen molar-refractivity contribution in [3.63, 3.8) is 0 Å². The van der Waals surface area contributed by atoms with Gasteiger partial charge in [0.2, 0.25) is 15.2 Å². The van der Waals surface area contributed by atoms with E-state index in [4.69, 9.17) is 10.2 Å². The fourth-order valence-corrected chi connectivity index (χ4v) is 6.02. The van der Waals surface area contributed by atoms with E-state index in [1.165, 1.54) is 17.5 Å². The van der Waals surface area contributed by atoms with Crippen LogP contribution in [0.3, 0.4) is 0 Å². The van der Waals surface area contributed by atoms with Gasteiger partial charge in [-0.2, -0.15) is 5.10 Å². The van der Waals surface area contributed by atoms with Gasteiger partial charge in [-0.3, -0.25) is 0 Å². The van der Waals surface area contributed by atoms with E-state index in [2.05, 4.69) is 4.98 Å². The molecule has 0 atom stereocenters. The van der Waals surface area contributed by atoms with Crippen LogP contribution in [-0.2, 0) is 16.4 Å². The fraction of sp³-hybridized carbons (Fsp3) is 0.138. The number of carboxylic acid groups (broad SMARTS) is 1. The Morgan fingerprint density at radius 2 is 1.75 bits per heavy atom. The first kappa shape index (κ1) is 26.1. The number of hydrogen-bond acceptors (Lipinski definition) is 6. The molecule has 3 N–H and O–H groups in total. The van der Waals surface area contributed by atoms with E-state index >= 15 is 4.39 Å². The molecule has 6 rings (SSSR count). The Morgan fingerprint density at radius 1 is 1.02 bits per heavy atom. The van der Waals surface area contributed by atoms with Crippen LogP contribution in [-0.4, -0.2) is 34.3 Å². The summed E-state index contributed by atoms with van der Waals surface area (Å²) < 4.78 is 40.4. The van der Waals surface area contributed by atoms with Crippen LogP contribution in [0.25, 0.3) is 27.5 Å². The molecule has 0 spiro atoms. The molecular formula is C29H23FN4O4S2. The van der Waals surface area contributed by atoms with Crippen molar-refractivity contribution in [3.05, 3.63) is 107 Å². The molecule has 1 aliphatic carbocycles. The van der Waals surface area contributed by atoms with Gasteiger partial charge < -0.3 is 5.11 Å². The summed E-state index contributed by atoms with van der Waals surface area (Å²) in [5.41, 5.74) is 5.26. The molecule has 202 valence electrons. The zero-order valence-electron chi connectivity index (χ0n) is 21.0. The molecular weight excluding hydrogens is 551 g/mol. The number of primary sulfonamides is 1. The maximum absolute atomic E-state index is 15.2. The predicted molar refractivity (Wildman–Crippen MR) is 150 cm³/mol. The van der Waals surface area contributed by atoms with Gasteiger partial charge in [-0.25, -0.2) is 32.4 Å². The number of aromatic nitrogens is 3. The van der Waals surface area contributed by atoms with Crippen LogP contribution in [0.5, 0.6) is 0 Å². The highest BCUT2D eigenvalue weighted by molar-refractivity contribution is 7.89. The zero-order valence-corrected chi connectivity index (χ0v) is 22.6. The van der Waals surface area contributed by atoms with Crippen molar-refractivity contribution < 1.29 is 22.7 Å². The van der Waals surface area contributed by atoms with E-state index < -0.39 is 21.8 Å². The Bertz CT molecular complexity index is 1860. The van der Waals surface area contributed by atoms with Crippen LogP contribution >= 0.6 is 11.3 Å². The van der Waals surface area contributed by atoms with E-state index in [9.17, 15) is 18.3 Å². The fourth-order valence-electron chi connectivity index (χ4n) is 4.74. The number of benzene rings is 3. The number of nitrogens with zero attached hydrogens (tertiary/aromatic N) is 3. The topological polar surface area (TPSA) is 128 Å². The Kier molecular flexibility index (Phi) is 6.57. The molecule has 0 radical (unpaired) electrons. The van der Waals surface area contributed by atoms with E-state index in [0.717, 1.165) is 58.2 Å². The molecule has 3 aromatic carbocycles. The van der Waals surface area contributed by atoms with Crippen LogP contribution in [0.15, 0.2) is 83.1 Å². The summed E-state index contributed by atoms with van der Waals surface area (Å²) in [7, 11) is -4.06. The molecule has 1 aliphatic rings. The number of hydrogen-bond donors (Lipinski definition) is 2. The Morgan fingerprint density at radius 3 is 2.40 bits per heavy atom. The SMILES string of the molecule is NS(=O)(=O)c1ccc(Cc2c(C3CC3)nn(-c3nc(C(=O)O)cs3)c2-c2cccc(-c3ccccc3)c2)c(F)c1. The lowest BCUT2D eigenvalue weighted by atomic mass is 9.95. The average Bonchev–Trinajstić information content (AvgIpc) is 3.53. The minimum atomic E-state index is -4.06. The van der Waals surface area contributed by atoms with E-state index in [1.807, 2.05) is 54.6 Å². The van der Waals surface area contributed by atoms with Crippen molar-refractivity contribution in [2.45, 2.75) is 30.1 Å². The monoisotopic (exact) mass is 574 g/mol. The van der Waals surface area contributed by atoms with Gasteiger partial charge in [0.15, 0.2) is 5.69 Å². The van der Waals surface area contributed by atoms with Crippen LogP contribution in [0.2, 0.25) is 0 Å². The van der Waals surface area contributed by atoms with Crippen LogP contribution < -0.4 is 5.14 Å². The lowest BCUT2D eigenvalue weighted by molar-refractivity contribution is 0.0691. The van der Waals surface area contributed by atoms with E-state index in [-0.39, 0.29) is 22.9 Å². The maximum atomic E-state index is 15.2. The van der Waals surface area contributed by atoms with Crippen molar-refractivity contribution in [2.75, 3.05) is 0 Å². The predicted octanol–water partition coefficient (Wildman–Crippen LogP) is 5.62. The highest BCUT2D eigenvalue weighted by Crippen LogP contribution is 2.45. The van der Waals surface area contributed by atoms with Gasteiger partial charge in [0.25, 0.3) is 0 Å². The number of nitrogens with two attached hydrogens (primary N) is 1. The quantitative estimate of drug-likeness (QED) is 0.248.